The lowest BCUT2D eigenvalue weighted by molar-refractivity contribution is -0.123. The van der Waals surface area contributed by atoms with E-state index < -0.39 is 24.5 Å². The summed E-state index contributed by atoms with van der Waals surface area (Å²) in [5, 5.41) is 5.39. The Morgan fingerprint density at radius 2 is 1.50 bits per heavy atom. The molecule has 3 amide bonds. The van der Waals surface area contributed by atoms with Gasteiger partial charge in [-0.2, -0.15) is 0 Å². The van der Waals surface area contributed by atoms with Gasteiger partial charge in [-0.05, 0) is 24.1 Å². The number of aromatic nitrogens is 1. The number of hydrogen-bond acceptors (Lipinski definition) is 5. The zero-order chi connectivity index (χ0) is 23.9. The topological polar surface area (TPSA) is 97.4 Å². The predicted octanol–water partition coefficient (Wildman–Crippen LogP) is 4.39. The molecule has 0 spiro atoms. The number of imide groups is 1. The number of benzene rings is 3. The number of carbonyl (C=O) groups excluding carboxylic acids is 3. The molecule has 0 fully saturated rings. The molecule has 4 rings (SSSR count). The van der Waals surface area contributed by atoms with Crippen molar-refractivity contribution in [1.82, 2.24) is 15.6 Å². The molecular weight excluding hydrogens is 430 g/mol. The number of amides is 3. The van der Waals surface area contributed by atoms with Crippen LogP contribution < -0.4 is 10.6 Å². The van der Waals surface area contributed by atoms with Gasteiger partial charge in [-0.3, -0.25) is 10.1 Å². The Kier molecular flexibility index (Phi) is 6.93. The minimum absolute atomic E-state index is 0.268. The Morgan fingerprint density at radius 1 is 0.853 bits per heavy atom. The summed E-state index contributed by atoms with van der Waals surface area (Å²) >= 11 is 0. The number of nitrogens with one attached hydrogen (secondary N) is 2. The normalized spacial score (nSPS) is 10.5. The van der Waals surface area contributed by atoms with Crippen LogP contribution in [0, 0.1) is 6.92 Å². The van der Waals surface area contributed by atoms with Crippen LogP contribution in [-0.2, 0) is 16.1 Å². The molecule has 1 heterocycles. The van der Waals surface area contributed by atoms with Gasteiger partial charge in [0.05, 0.1) is 16.8 Å². The lowest BCUT2D eigenvalue weighted by Gasteiger charge is -2.14. The quantitative estimate of drug-likeness (QED) is 0.422. The van der Waals surface area contributed by atoms with Gasteiger partial charge < -0.3 is 10.1 Å². The van der Waals surface area contributed by atoms with Gasteiger partial charge >= 0.3 is 12.0 Å². The number of ether oxygens (including phenoxy) is 1. The van der Waals surface area contributed by atoms with Gasteiger partial charge in [0, 0.05) is 17.5 Å². The monoisotopic (exact) mass is 453 g/mol. The van der Waals surface area contributed by atoms with Crippen LogP contribution in [0.5, 0.6) is 0 Å². The molecule has 0 aliphatic heterocycles. The van der Waals surface area contributed by atoms with E-state index in [9.17, 15) is 14.4 Å². The number of pyridine rings is 1. The van der Waals surface area contributed by atoms with E-state index in [4.69, 9.17) is 9.72 Å². The van der Waals surface area contributed by atoms with Crippen molar-refractivity contribution in [1.29, 1.82) is 0 Å². The molecule has 0 atom stereocenters. The second-order valence-electron chi connectivity index (χ2n) is 7.64. The van der Waals surface area contributed by atoms with E-state index in [0.29, 0.717) is 27.7 Å². The maximum Gasteiger partial charge on any atom is 0.339 e. The fraction of sp³-hybridized carbons (Fsp3) is 0.111. The molecule has 7 nitrogen and oxygen atoms in total. The number of nitrogens with zero attached hydrogens (tertiary/aromatic N) is 1. The summed E-state index contributed by atoms with van der Waals surface area (Å²) in [5.41, 5.74) is 4.06. The molecular formula is C27H23N3O4. The van der Waals surface area contributed by atoms with Crippen LogP contribution in [0.1, 0.15) is 21.5 Å². The summed E-state index contributed by atoms with van der Waals surface area (Å²) < 4.78 is 5.27. The second-order valence-corrected chi connectivity index (χ2v) is 7.64. The number of hydrogen-bond donors (Lipinski definition) is 2. The molecule has 34 heavy (non-hydrogen) atoms. The van der Waals surface area contributed by atoms with Crippen molar-refractivity contribution in [3.05, 3.63) is 102 Å². The first-order valence-corrected chi connectivity index (χ1v) is 10.8. The number of carbonyl (C=O) groups is 3. The standard InChI is InChI=1S/C27H23N3O4/c1-18-24(21-14-8-9-15-22(21)29-25(18)20-12-6-3-7-13-20)26(32)34-17-23(31)30-27(33)28-16-19-10-4-2-5-11-19/h2-15H,16-17H2,1H3,(H2,28,30,31,33). The summed E-state index contributed by atoms with van der Waals surface area (Å²) in [6.07, 6.45) is 0. The smallest absolute Gasteiger partial charge is 0.339 e. The summed E-state index contributed by atoms with van der Waals surface area (Å²) in [7, 11) is 0. The van der Waals surface area contributed by atoms with E-state index in [1.807, 2.05) is 78.9 Å². The van der Waals surface area contributed by atoms with Crippen LogP contribution in [-0.4, -0.2) is 29.5 Å². The summed E-state index contributed by atoms with van der Waals surface area (Å²) in [5.74, 6) is -1.38. The third-order valence-electron chi connectivity index (χ3n) is 5.27. The first-order chi connectivity index (χ1) is 16.5. The summed E-state index contributed by atoms with van der Waals surface area (Å²) in [6, 6.07) is 25.4. The number of esters is 1. The Bertz CT molecular complexity index is 1340. The van der Waals surface area contributed by atoms with Gasteiger partial charge in [-0.15, -0.1) is 0 Å². The van der Waals surface area contributed by atoms with Gasteiger partial charge in [-0.1, -0.05) is 78.9 Å². The Hall–Kier alpha value is -4.52. The second kappa shape index (κ2) is 10.4. The SMILES string of the molecule is Cc1c(-c2ccccc2)nc2ccccc2c1C(=O)OCC(=O)NC(=O)NCc1ccccc1. The average Bonchev–Trinajstić information content (AvgIpc) is 2.87. The zero-order valence-electron chi connectivity index (χ0n) is 18.6. The fourth-order valence-corrected chi connectivity index (χ4v) is 3.64. The van der Waals surface area contributed by atoms with Crippen molar-refractivity contribution in [3.8, 4) is 11.3 Å². The molecule has 0 aliphatic rings. The van der Waals surface area contributed by atoms with Crippen molar-refractivity contribution >= 4 is 28.8 Å². The molecule has 0 bridgehead atoms. The van der Waals surface area contributed by atoms with Crippen molar-refractivity contribution in [2.24, 2.45) is 0 Å². The van der Waals surface area contributed by atoms with E-state index in [1.165, 1.54) is 0 Å². The van der Waals surface area contributed by atoms with Crippen molar-refractivity contribution in [2.45, 2.75) is 13.5 Å². The molecule has 170 valence electrons. The molecule has 0 aliphatic carbocycles. The Labute approximate surface area is 196 Å². The molecule has 2 N–H and O–H groups in total. The molecule has 1 aromatic heterocycles. The predicted molar refractivity (Wildman–Crippen MR) is 129 cm³/mol. The highest BCUT2D eigenvalue weighted by Gasteiger charge is 2.21. The van der Waals surface area contributed by atoms with Crippen molar-refractivity contribution < 1.29 is 19.1 Å². The first kappa shape index (κ1) is 22.7. The number of para-hydroxylation sites is 1. The van der Waals surface area contributed by atoms with Gasteiger partial charge in [0.2, 0.25) is 0 Å². The molecule has 0 radical (unpaired) electrons. The van der Waals surface area contributed by atoms with Crippen molar-refractivity contribution in [3.63, 3.8) is 0 Å². The Morgan fingerprint density at radius 3 is 2.24 bits per heavy atom. The lowest BCUT2D eigenvalue weighted by Crippen LogP contribution is -2.41. The third kappa shape index (κ3) is 5.27. The van der Waals surface area contributed by atoms with E-state index >= 15 is 0 Å². The van der Waals surface area contributed by atoms with E-state index in [-0.39, 0.29) is 6.54 Å². The van der Waals surface area contributed by atoms with E-state index in [1.54, 1.807) is 13.0 Å². The first-order valence-electron chi connectivity index (χ1n) is 10.8. The average molecular weight is 453 g/mol. The minimum Gasteiger partial charge on any atom is -0.452 e. The summed E-state index contributed by atoms with van der Waals surface area (Å²) in [4.78, 5) is 41.9. The maximum atomic E-state index is 13.0. The van der Waals surface area contributed by atoms with Gasteiger partial charge in [0.1, 0.15) is 0 Å². The summed E-state index contributed by atoms with van der Waals surface area (Å²) in [6.45, 7) is 1.48. The van der Waals surface area contributed by atoms with E-state index in [0.717, 1.165) is 11.1 Å². The molecule has 0 unspecified atom stereocenters. The van der Waals surface area contributed by atoms with Gasteiger partial charge in [0.15, 0.2) is 6.61 Å². The lowest BCUT2D eigenvalue weighted by atomic mass is 9.98. The van der Waals surface area contributed by atoms with Crippen LogP contribution in [0.3, 0.4) is 0 Å². The zero-order valence-corrected chi connectivity index (χ0v) is 18.6. The highest BCUT2D eigenvalue weighted by Crippen LogP contribution is 2.30. The fourth-order valence-electron chi connectivity index (χ4n) is 3.64. The minimum atomic E-state index is -0.724. The highest BCUT2D eigenvalue weighted by molar-refractivity contribution is 6.07. The number of urea groups is 1. The van der Waals surface area contributed by atoms with Crippen LogP contribution in [0.2, 0.25) is 0 Å². The maximum absolute atomic E-state index is 13.0. The van der Waals surface area contributed by atoms with Gasteiger partial charge in [-0.25, -0.2) is 14.6 Å². The number of rotatable bonds is 6. The molecule has 4 aromatic rings. The third-order valence-corrected chi connectivity index (χ3v) is 5.27. The van der Waals surface area contributed by atoms with E-state index in [2.05, 4.69) is 10.6 Å². The highest BCUT2D eigenvalue weighted by atomic mass is 16.5. The van der Waals surface area contributed by atoms with Gasteiger partial charge in [0.25, 0.3) is 5.91 Å². The van der Waals surface area contributed by atoms with Crippen LogP contribution in [0.25, 0.3) is 22.2 Å². The Balaban J connectivity index is 1.46. The molecule has 3 aromatic carbocycles. The molecule has 7 heteroatoms. The number of fused-ring (bicyclic) bond motifs is 1. The van der Waals surface area contributed by atoms with Crippen molar-refractivity contribution in [2.75, 3.05) is 6.61 Å². The molecule has 0 saturated heterocycles. The van der Waals surface area contributed by atoms with Crippen LogP contribution in [0.15, 0.2) is 84.9 Å². The largest absolute Gasteiger partial charge is 0.452 e. The molecule has 0 saturated carbocycles. The van der Waals surface area contributed by atoms with Crippen LogP contribution >= 0.6 is 0 Å². The van der Waals surface area contributed by atoms with Crippen LogP contribution in [0.4, 0.5) is 4.79 Å².